The number of hydrogen-bond donors (Lipinski definition) is 2. The molecule has 2 heterocycles. The van der Waals surface area contributed by atoms with E-state index in [1.807, 2.05) is 0 Å². The molecule has 1 aromatic carbocycles. The summed E-state index contributed by atoms with van der Waals surface area (Å²) in [6.45, 7) is 4.35. The number of H-pyrrole nitrogens is 1. The van der Waals surface area contributed by atoms with Crippen LogP contribution in [0.5, 0.6) is 0 Å². The molecule has 0 aliphatic carbocycles. The Kier molecular flexibility index (Phi) is 6.40. The molecular weight excluding hydrogens is 416 g/mol. The van der Waals surface area contributed by atoms with Crippen molar-refractivity contribution in [3.05, 3.63) is 50.7 Å². The van der Waals surface area contributed by atoms with Gasteiger partial charge in [-0.05, 0) is 51.3 Å². The van der Waals surface area contributed by atoms with E-state index in [2.05, 4.69) is 15.3 Å². The van der Waals surface area contributed by atoms with E-state index in [0.717, 1.165) is 12.8 Å². The number of anilines is 1. The lowest BCUT2D eigenvalue weighted by atomic mass is 10.1. The van der Waals surface area contributed by atoms with E-state index in [0.29, 0.717) is 35.9 Å². The molecule has 2 aromatic rings. The predicted octanol–water partition coefficient (Wildman–Crippen LogP) is 2.40. The summed E-state index contributed by atoms with van der Waals surface area (Å²) in [5.74, 6) is 0.185. The van der Waals surface area contributed by atoms with Crippen molar-refractivity contribution in [2.45, 2.75) is 44.4 Å². The van der Waals surface area contributed by atoms with Crippen LogP contribution in [0, 0.1) is 13.8 Å². The van der Waals surface area contributed by atoms with Crippen molar-refractivity contribution >= 4 is 33.2 Å². The average molecular weight is 439 g/mol. The van der Waals surface area contributed by atoms with Gasteiger partial charge in [0.1, 0.15) is 10.7 Å². The van der Waals surface area contributed by atoms with E-state index in [4.69, 9.17) is 11.6 Å². The topological polar surface area (TPSA) is 112 Å². The summed E-state index contributed by atoms with van der Waals surface area (Å²) >= 11 is 6.12. The molecular formula is C19H23ClN4O4S. The van der Waals surface area contributed by atoms with Crippen molar-refractivity contribution in [2.75, 3.05) is 18.4 Å². The normalized spacial score (nSPS) is 14.9. The van der Waals surface area contributed by atoms with Crippen LogP contribution >= 0.6 is 11.6 Å². The number of aromatic amines is 1. The second kappa shape index (κ2) is 8.64. The number of carbonyl (C=O) groups excluding carboxylic acids is 1. The van der Waals surface area contributed by atoms with Crippen LogP contribution in [0.1, 0.15) is 36.3 Å². The number of hydrogen-bond acceptors (Lipinski definition) is 5. The fourth-order valence-corrected chi connectivity index (χ4v) is 5.37. The monoisotopic (exact) mass is 438 g/mol. The van der Waals surface area contributed by atoms with Crippen molar-refractivity contribution < 1.29 is 13.2 Å². The first-order chi connectivity index (χ1) is 13.7. The molecule has 2 N–H and O–H groups in total. The molecule has 1 aromatic heterocycles. The van der Waals surface area contributed by atoms with Crippen LogP contribution in [0.3, 0.4) is 0 Å². The minimum Gasteiger partial charge on any atom is -0.326 e. The Morgan fingerprint density at radius 2 is 1.97 bits per heavy atom. The summed E-state index contributed by atoms with van der Waals surface area (Å²) < 4.78 is 27.0. The van der Waals surface area contributed by atoms with Gasteiger partial charge in [0.15, 0.2) is 0 Å². The van der Waals surface area contributed by atoms with Crippen molar-refractivity contribution in [3.8, 4) is 0 Å². The van der Waals surface area contributed by atoms with Crippen molar-refractivity contribution in [2.24, 2.45) is 0 Å². The minimum absolute atomic E-state index is 0.0195. The van der Waals surface area contributed by atoms with Gasteiger partial charge in [-0.15, -0.1) is 0 Å². The molecule has 1 aliphatic heterocycles. The zero-order chi connectivity index (χ0) is 21.2. The van der Waals surface area contributed by atoms with Gasteiger partial charge in [0, 0.05) is 36.5 Å². The summed E-state index contributed by atoms with van der Waals surface area (Å²) in [6, 6.07) is 4.38. The molecule has 1 aliphatic rings. The van der Waals surface area contributed by atoms with Gasteiger partial charge in [0.2, 0.25) is 15.9 Å². The Hall–Kier alpha value is -2.23. The molecule has 0 radical (unpaired) electrons. The van der Waals surface area contributed by atoms with Crippen LogP contribution in [0.15, 0.2) is 27.9 Å². The third-order valence-corrected chi connectivity index (χ3v) is 7.22. The van der Waals surface area contributed by atoms with Gasteiger partial charge < -0.3 is 10.3 Å². The smallest absolute Gasteiger partial charge is 0.254 e. The first-order valence-electron chi connectivity index (χ1n) is 9.34. The number of amides is 1. The highest BCUT2D eigenvalue weighted by Gasteiger charge is 2.29. The van der Waals surface area contributed by atoms with E-state index >= 15 is 0 Å². The average Bonchev–Trinajstić information content (AvgIpc) is 3.18. The van der Waals surface area contributed by atoms with Gasteiger partial charge in [-0.2, -0.15) is 4.31 Å². The SMILES string of the molecule is Cc1nc(C)c(CCC(=O)Nc2ccc(Cl)c(S(=O)(=O)N3CCCC3)c2)c(=O)[nH]1. The lowest BCUT2D eigenvalue weighted by molar-refractivity contribution is -0.116. The third kappa shape index (κ3) is 4.85. The van der Waals surface area contributed by atoms with Gasteiger partial charge in [-0.25, -0.2) is 13.4 Å². The Morgan fingerprint density at radius 1 is 1.28 bits per heavy atom. The van der Waals surface area contributed by atoms with Gasteiger partial charge in [-0.1, -0.05) is 11.6 Å². The number of sulfonamides is 1. The Labute approximate surface area is 174 Å². The van der Waals surface area contributed by atoms with Crippen molar-refractivity contribution in [1.29, 1.82) is 0 Å². The molecule has 0 unspecified atom stereocenters. The number of nitrogens with one attached hydrogen (secondary N) is 2. The first-order valence-corrected chi connectivity index (χ1v) is 11.2. The lowest BCUT2D eigenvalue weighted by Gasteiger charge is -2.17. The summed E-state index contributed by atoms with van der Waals surface area (Å²) in [6.07, 6.45) is 1.93. The maximum Gasteiger partial charge on any atom is 0.254 e. The Bertz CT molecular complexity index is 1090. The summed E-state index contributed by atoms with van der Waals surface area (Å²) in [4.78, 5) is 31.2. The van der Waals surface area contributed by atoms with Crippen molar-refractivity contribution in [3.63, 3.8) is 0 Å². The summed E-state index contributed by atoms with van der Waals surface area (Å²) in [5, 5.41) is 2.79. The molecule has 1 fully saturated rings. The molecule has 8 nitrogen and oxygen atoms in total. The fraction of sp³-hybridized carbons (Fsp3) is 0.421. The zero-order valence-electron chi connectivity index (χ0n) is 16.3. The fourth-order valence-electron chi connectivity index (χ4n) is 3.35. The van der Waals surface area contributed by atoms with Gasteiger partial charge in [-0.3, -0.25) is 9.59 Å². The van der Waals surface area contributed by atoms with Gasteiger partial charge >= 0.3 is 0 Å². The Balaban J connectivity index is 1.72. The molecule has 0 saturated carbocycles. The highest BCUT2D eigenvalue weighted by molar-refractivity contribution is 7.89. The number of aryl methyl sites for hydroxylation is 2. The number of aromatic nitrogens is 2. The largest absolute Gasteiger partial charge is 0.326 e. The molecule has 1 saturated heterocycles. The standard InChI is InChI=1S/C19H23ClN4O4S/c1-12-15(19(26)22-13(2)21-12)6-8-18(25)23-14-5-7-16(20)17(11-14)29(27,28)24-9-3-4-10-24/h5,7,11H,3-4,6,8-10H2,1-2H3,(H,23,25)(H,21,22,26). The summed E-state index contributed by atoms with van der Waals surface area (Å²) in [5.41, 5.74) is 1.13. The maximum atomic E-state index is 12.8. The van der Waals surface area contributed by atoms with E-state index < -0.39 is 10.0 Å². The van der Waals surface area contributed by atoms with Gasteiger partial charge in [0.05, 0.1) is 5.02 Å². The van der Waals surface area contributed by atoms with Crippen LogP contribution in [0.25, 0.3) is 0 Å². The second-order valence-corrected chi connectivity index (χ2v) is 9.33. The van der Waals surface area contributed by atoms with Crippen LogP contribution in [-0.2, 0) is 21.2 Å². The molecule has 29 heavy (non-hydrogen) atoms. The third-order valence-electron chi connectivity index (χ3n) is 4.84. The maximum absolute atomic E-state index is 12.8. The van der Waals surface area contributed by atoms with Crippen LogP contribution in [-0.4, -0.2) is 41.7 Å². The van der Waals surface area contributed by atoms with E-state index in [-0.39, 0.29) is 34.2 Å². The van der Waals surface area contributed by atoms with E-state index in [1.165, 1.54) is 16.4 Å². The van der Waals surface area contributed by atoms with E-state index in [1.54, 1.807) is 19.9 Å². The molecule has 3 rings (SSSR count). The molecule has 0 spiro atoms. The van der Waals surface area contributed by atoms with Crippen LogP contribution in [0.4, 0.5) is 5.69 Å². The molecule has 0 bridgehead atoms. The quantitative estimate of drug-likeness (QED) is 0.719. The van der Waals surface area contributed by atoms with Gasteiger partial charge in [0.25, 0.3) is 5.56 Å². The molecule has 156 valence electrons. The van der Waals surface area contributed by atoms with E-state index in [9.17, 15) is 18.0 Å². The molecule has 1 amide bonds. The lowest BCUT2D eigenvalue weighted by Crippen LogP contribution is -2.28. The number of carbonyl (C=O) groups is 1. The molecule has 0 atom stereocenters. The number of rotatable bonds is 6. The van der Waals surface area contributed by atoms with Crippen molar-refractivity contribution in [1.82, 2.24) is 14.3 Å². The first kappa shape index (κ1) is 21.5. The van der Waals surface area contributed by atoms with Crippen LogP contribution < -0.4 is 10.9 Å². The number of nitrogens with zero attached hydrogens (tertiary/aromatic N) is 2. The predicted molar refractivity (Wildman–Crippen MR) is 111 cm³/mol. The highest BCUT2D eigenvalue weighted by atomic mass is 35.5. The highest BCUT2D eigenvalue weighted by Crippen LogP contribution is 2.29. The number of halogens is 1. The molecule has 10 heteroatoms. The number of benzene rings is 1. The summed E-state index contributed by atoms with van der Waals surface area (Å²) in [7, 11) is -3.70. The minimum atomic E-state index is -3.70. The zero-order valence-corrected chi connectivity index (χ0v) is 17.9. The van der Waals surface area contributed by atoms with Crippen LogP contribution in [0.2, 0.25) is 5.02 Å². The second-order valence-electron chi connectivity index (χ2n) is 7.02. The Morgan fingerprint density at radius 3 is 2.62 bits per heavy atom.